The van der Waals surface area contributed by atoms with Gasteiger partial charge >= 0.3 is 0 Å². The number of aromatic nitrogens is 2. The van der Waals surface area contributed by atoms with E-state index in [9.17, 15) is 8.78 Å². The summed E-state index contributed by atoms with van der Waals surface area (Å²) in [4.78, 5) is 0. The summed E-state index contributed by atoms with van der Waals surface area (Å²) in [6, 6.07) is 0. The molecule has 0 spiro atoms. The minimum absolute atomic E-state index is 0.00797. The monoisotopic (exact) mass is 203 g/mol. The molecule has 1 N–H and O–H groups in total. The zero-order chi connectivity index (χ0) is 10.6. The number of rotatable bonds is 5. The van der Waals surface area contributed by atoms with Gasteiger partial charge in [-0.3, -0.25) is 4.68 Å². The summed E-state index contributed by atoms with van der Waals surface area (Å²) >= 11 is 0. The van der Waals surface area contributed by atoms with Crippen LogP contribution < -0.4 is 5.32 Å². The summed E-state index contributed by atoms with van der Waals surface area (Å²) in [5.74, 6) is 0. The Morgan fingerprint density at radius 2 is 2.29 bits per heavy atom. The van der Waals surface area contributed by atoms with Crippen molar-refractivity contribution in [2.45, 2.75) is 26.3 Å². The fourth-order valence-corrected chi connectivity index (χ4v) is 1.31. The molecule has 14 heavy (non-hydrogen) atoms. The molecule has 0 bridgehead atoms. The fourth-order valence-electron chi connectivity index (χ4n) is 1.31. The summed E-state index contributed by atoms with van der Waals surface area (Å²) in [5.41, 5.74) is 0.588. The van der Waals surface area contributed by atoms with Crippen molar-refractivity contribution in [2.75, 3.05) is 6.54 Å². The van der Waals surface area contributed by atoms with E-state index in [4.69, 9.17) is 0 Å². The zero-order valence-electron chi connectivity index (χ0n) is 8.43. The largest absolute Gasteiger partial charge is 0.313 e. The maximum absolute atomic E-state index is 12.5. The summed E-state index contributed by atoms with van der Waals surface area (Å²) in [6.07, 6.45) is 0.0231. The van der Waals surface area contributed by atoms with E-state index in [1.807, 2.05) is 6.92 Å². The van der Waals surface area contributed by atoms with Crippen LogP contribution in [0.3, 0.4) is 0 Å². The highest BCUT2D eigenvalue weighted by Gasteiger charge is 2.17. The number of halogens is 2. The van der Waals surface area contributed by atoms with Crippen LogP contribution in [0.4, 0.5) is 8.78 Å². The van der Waals surface area contributed by atoms with Gasteiger partial charge in [-0.05, 0) is 13.0 Å². The molecule has 0 aliphatic carbocycles. The first-order chi connectivity index (χ1) is 6.66. The molecule has 0 atom stereocenters. The number of alkyl halides is 2. The summed E-state index contributed by atoms with van der Waals surface area (Å²) in [5, 5.41) is 6.89. The number of aryl methyl sites for hydroxylation is 1. The average Bonchev–Trinajstić information content (AvgIpc) is 2.47. The van der Waals surface area contributed by atoms with E-state index in [0.29, 0.717) is 12.1 Å². The molecule has 0 aliphatic rings. The van der Waals surface area contributed by atoms with E-state index >= 15 is 0 Å². The second kappa shape index (κ2) is 5.05. The second-order valence-electron chi connectivity index (χ2n) is 3.16. The van der Waals surface area contributed by atoms with Crippen molar-refractivity contribution in [3.8, 4) is 0 Å². The van der Waals surface area contributed by atoms with Crippen LogP contribution in [0.25, 0.3) is 0 Å². The van der Waals surface area contributed by atoms with Crippen LogP contribution in [0.15, 0.2) is 6.20 Å². The molecule has 0 aromatic carbocycles. The standard InChI is InChI=1S/C9H15F2N3/c1-3-4-12-5-7-6-13-14(2)8(7)9(10)11/h6,9,12H,3-5H2,1-2H3. The lowest BCUT2D eigenvalue weighted by molar-refractivity contribution is 0.139. The van der Waals surface area contributed by atoms with Crippen molar-refractivity contribution in [2.24, 2.45) is 7.05 Å². The van der Waals surface area contributed by atoms with E-state index in [-0.39, 0.29) is 5.69 Å². The number of hydrogen-bond donors (Lipinski definition) is 1. The van der Waals surface area contributed by atoms with E-state index < -0.39 is 6.43 Å². The Labute approximate surface area is 82.1 Å². The first kappa shape index (κ1) is 11.1. The van der Waals surface area contributed by atoms with Gasteiger partial charge in [0.05, 0.1) is 6.20 Å². The molecule has 0 radical (unpaired) electrons. The van der Waals surface area contributed by atoms with Crippen LogP contribution >= 0.6 is 0 Å². The molecular formula is C9H15F2N3. The van der Waals surface area contributed by atoms with Gasteiger partial charge in [-0.15, -0.1) is 0 Å². The van der Waals surface area contributed by atoms with Crippen LogP contribution in [0, 0.1) is 0 Å². The highest BCUT2D eigenvalue weighted by molar-refractivity contribution is 5.18. The molecule has 0 unspecified atom stereocenters. The SMILES string of the molecule is CCCNCc1cnn(C)c1C(F)F. The highest BCUT2D eigenvalue weighted by atomic mass is 19.3. The second-order valence-corrected chi connectivity index (χ2v) is 3.16. The van der Waals surface area contributed by atoms with Crippen LogP contribution in [0.5, 0.6) is 0 Å². The minimum atomic E-state index is -2.46. The van der Waals surface area contributed by atoms with Crippen LogP contribution in [-0.4, -0.2) is 16.3 Å². The Morgan fingerprint density at radius 3 is 2.86 bits per heavy atom. The van der Waals surface area contributed by atoms with Crippen molar-refractivity contribution < 1.29 is 8.78 Å². The third-order valence-corrected chi connectivity index (χ3v) is 2.01. The van der Waals surface area contributed by atoms with Crippen molar-refractivity contribution in [1.29, 1.82) is 0 Å². The zero-order valence-corrected chi connectivity index (χ0v) is 8.43. The maximum Gasteiger partial charge on any atom is 0.280 e. The minimum Gasteiger partial charge on any atom is -0.313 e. The lowest BCUT2D eigenvalue weighted by Gasteiger charge is -2.05. The summed E-state index contributed by atoms with van der Waals surface area (Å²) in [7, 11) is 1.53. The fraction of sp³-hybridized carbons (Fsp3) is 0.667. The normalized spacial score (nSPS) is 11.2. The predicted octanol–water partition coefficient (Wildman–Crippen LogP) is 1.86. The Bertz CT molecular complexity index is 284. The Morgan fingerprint density at radius 1 is 1.57 bits per heavy atom. The van der Waals surface area contributed by atoms with Crippen LogP contribution in [-0.2, 0) is 13.6 Å². The van der Waals surface area contributed by atoms with Gasteiger partial charge < -0.3 is 5.32 Å². The topological polar surface area (TPSA) is 29.9 Å². The lowest BCUT2D eigenvalue weighted by atomic mass is 10.2. The van der Waals surface area contributed by atoms with Gasteiger partial charge in [-0.2, -0.15) is 5.10 Å². The number of hydrogen-bond acceptors (Lipinski definition) is 2. The first-order valence-electron chi connectivity index (χ1n) is 4.66. The van der Waals surface area contributed by atoms with Crippen molar-refractivity contribution >= 4 is 0 Å². The van der Waals surface area contributed by atoms with Gasteiger partial charge in [-0.25, -0.2) is 8.78 Å². The Balaban J connectivity index is 2.66. The van der Waals surface area contributed by atoms with Crippen molar-refractivity contribution in [1.82, 2.24) is 15.1 Å². The van der Waals surface area contributed by atoms with Gasteiger partial charge in [0.1, 0.15) is 5.69 Å². The Kier molecular flexibility index (Phi) is 4.00. The molecule has 0 aliphatic heterocycles. The molecule has 0 amide bonds. The molecule has 0 saturated carbocycles. The van der Waals surface area contributed by atoms with E-state index in [2.05, 4.69) is 10.4 Å². The highest BCUT2D eigenvalue weighted by Crippen LogP contribution is 2.21. The summed E-state index contributed by atoms with van der Waals surface area (Å²) < 4.78 is 26.3. The number of nitrogens with one attached hydrogen (secondary N) is 1. The van der Waals surface area contributed by atoms with Crippen LogP contribution in [0.2, 0.25) is 0 Å². The van der Waals surface area contributed by atoms with Gasteiger partial charge in [0.25, 0.3) is 6.43 Å². The quantitative estimate of drug-likeness (QED) is 0.740. The van der Waals surface area contributed by atoms with Gasteiger partial charge in [0, 0.05) is 19.2 Å². The van der Waals surface area contributed by atoms with Crippen LogP contribution in [0.1, 0.15) is 31.0 Å². The first-order valence-corrected chi connectivity index (χ1v) is 4.66. The number of nitrogens with zero attached hydrogens (tertiary/aromatic N) is 2. The molecule has 1 aromatic rings. The van der Waals surface area contributed by atoms with Crippen molar-refractivity contribution in [3.05, 3.63) is 17.5 Å². The van der Waals surface area contributed by atoms with E-state index in [1.54, 1.807) is 0 Å². The van der Waals surface area contributed by atoms with Gasteiger partial charge in [-0.1, -0.05) is 6.92 Å². The molecule has 0 saturated heterocycles. The molecule has 1 aromatic heterocycles. The lowest BCUT2D eigenvalue weighted by Crippen LogP contribution is -2.15. The van der Waals surface area contributed by atoms with Crippen molar-refractivity contribution in [3.63, 3.8) is 0 Å². The molecule has 0 fully saturated rings. The molecule has 5 heteroatoms. The molecule has 3 nitrogen and oxygen atoms in total. The summed E-state index contributed by atoms with van der Waals surface area (Å²) in [6.45, 7) is 3.32. The molecule has 80 valence electrons. The Hall–Kier alpha value is -0.970. The van der Waals surface area contributed by atoms with E-state index in [1.165, 1.54) is 17.9 Å². The van der Waals surface area contributed by atoms with Gasteiger partial charge in [0.2, 0.25) is 0 Å². The third-order valence-electron chi connectivity index (χ3n) is 2.01. The predicted molar refractivity (Wildman–Crippen MR) is 50.2 cm³/mol. The van der Waals surface area contributed by atoms with Gasteiger partial charge in [0.15, 0.2) is 0 Å². The van der Waals surface area contributed by atoms with E-state index in [0.717, 1.165) is 13.0 Å². The smallest absolute Gasteiger partial charge is 0.280 e. The molecular weight excluding hydrogens is 188 g/mol. The third kappa shape index (κ3) is 2.51. The molecule has 1 rings (SSSR count). The maximum atomic E-state index is 12.5. The average molecular weight is 203 g/mol. The molecule has 1 heterocycles.